The van der Waals surface area contributed by atoms with Gasteiger partial charge in [0, 0.05) is 17.0 Å². The zero-order valence-corrected chi connectivity index (χ0v) is 11.7. The first-order chi connectivity index (χ1) is 8.99. The summed E-state index contributed by atoms with van der Waals surface area (Å²) in [5.74, 6) is -0.558. The number of aryl methyl sites for hydroxylation is 1. The van der Waals surface area contributed by atoms with Crippen molar-refractivity contribution in [3.05, 3.63) is 69.0 Å². The Labute approximate surface area is 121 Å². The van der Waals surface area contributed by atoms with Gasteiger partial charge in [-0.05, 0) is 36.2 Å². The molecule has 2 rings (SSSR count). The standard InChI is InChI=1S/C15H11Cl2FO/c1-9-3-2-4-12(15(9)17)14(19)7-10-5-6-11(18)8-13(10)16/h2-6,8H,7H2,1H3. The van der Waals surface area contributed by atoms with Gasteiger partial charge in [0.25, 0.3) is 0 Å². The molecule has 98 valence electrons. The van der Waals surface area contributed by atoms with Crippen LogP contribution in [0.25, 0.3) is 0 Å². The number of halogens is 3. The largest absolute Gasteiger partial charge is 0.294 e. The number of hydrogen-bond donors (Lipinski definition) is 0. The molecule has 1 nitrogen and oxygen atoms in total. The van der Waals surface area contributed by atoms with E-state index in [0.717, 1.165) is 5.56 Å². The van der Waals surface area contributed by atoms with E-state index in [1.54, 1.807) is 12.1 Å². The van der Waals surface area contributed by atoms with Gasteiger partial charge in [-0.1, -0.05) is 41.4 Å². The molecule has 19 heavy (non-hydrogen) atoms. The first kappa shape index (κ1) is 14.0. The minimum Gasteiger partial charge on any atom is -0.294 e. The van der Waals surface area contributed by atoms with Crippen molar-refractivity contribution in [1.82, 2.24) is 0 Å². The summed E-state index contributed by atoms with van der Waals surface area (Å²) in [5, 5.41) is 0.697. The molecular formula is C15H11Cl2FO. The van der Waals surface area contributed by atoms with E-state index in [-0.39, 0.29) is 17.2 Å². The number of Topliss-reactive ketones (excluding diaryl/α,β-unsaturated/α-hetero) is 1. The summed E-state index contributed by atoms with van der Waals surface area (Å²) in [5.41, 5.74) is 1.89. The van der Waals surface area contributed by atoms with E-state index in [0.29, 0.717) is 16.1 Å². The van der Waals surface area contributed by atoms with E-state index in [1.165, 1.54) is 18.2 Å². The fourth-order valence-electron chi connectivity index (χ4n) is 1.80. The summed E-state index contributed by atoms with van der Waals surface area (Å²) >= 11 is 12.0. The van der Waals surface area contributed by atoms with Crippen LogP contribution in [0, 0.1) is 12.7 Å². The molecule has 0 aliphatic heterocycles. The molecule has 0 N–H and O–H groups in total. The maximum atomic E-state index is 12.9. The van der Waals surface area contributed by atoms with Gasteiger partial charge in [0.2, 0.25) is 0 Å². The molecule has 0 saturated carbocycles. The lowest BCUT2D eigenvalue weighted by molar-refractivity contribution is 0.0993. The maximum Gasteiger partial charge on any atom is 0.168 e. The second-order valence-corrected chi connectivity index (χ2v) is 5.06. The minimum absolute atomic E-state index is 0.0995. The van der Waals surface area contributed by atoms with Crippen LogP contribution >= 0.6 is 23.2 Å². The van der Waals surface area contributed by atoms with E-state index in [4.69, 9.17) is 23.2 Å². The fourth-order valence-corrected chi connectivity index (χ4v) is 2.26. The van der Waals surface area contributed by atoms with Crippen molar-refractivity contribution in [2.24, 2.45) is 0 Å². The highest BCUT2D eigenvalue weighted by molar-refractivity contribution is 6.35. The summed E-state index contributed by atoms with van der Waals surface area (Å²) in [6.07, 6.45) is 0.0995. The van der Waals surface area contributed by atoms with Crippen LogP contribution in [0.15, 0.2) is 36.4 Å². The van der Waals surface area contributed by atoms with Crippen molar-refractivity contribution in [3.63, 3.8) is 0 Å². The Morgan fingerprint density at radius 3 is 2.63 bits per heavy atom. The SMILES string of the molecule is Cc1cccc(C(=O)Cc2ccc(F)cc2Cl)c1Cl. The Hall–Kier alpha value is -1.38. The Morgan fingerprint density at radius 2 is 1.95 bits per heavy atom. The molecule has 2 aromatic carbocycles. The number of hydrogen-bond acceptors (Lipinski definition) is 1. The zero-order chi connectivity index (χ0) is 14.0. The van der Waals surface area contributed by atoms with Crippen LogP contribution in [0.1, 0.15) is 21.5 Å². The predicted molar refractivity (Wildman–Crippen MR) is 75.6 cm³/mol. The molecule has 2 aromatic rings. The Bertz CT molecular complexity index is 638. The molecule has 0 saturated heterocycles. The molecule has 4 heteroatoms. The Morgan fingerprint density at radius 1 is 1.21 bits per heavy atom. The number of carbonyl (C=O) groups is 1. The highest BCUT2D eigenvalue weighted by Crippen LogP contribution is 2.24. The van der Waals surface area contributed by atoms with Crippen molar-refractivity contribution in [1.29, 1.82) is 0 Å². The van der Waals surface area contributed by atoms with Gasteiger partial charge in [-0.25, -0.2) is 4.39 Å². The van der Waals surface area contributed by atoms with Crippen LogP contribution in [0.5, 0.6) is 0 Å². The van der Waals surface area contributed by atoms with Gasteiger partial charge in [-0.2, -0.15) is 0 Å². The topological polar surface area (TPSA) is 17.1 Å². The quantitative estimate of drug-likeness (QED) is 0.739. The van der Waals surface area contributed by atoms with E-state index >= 15 is 0 Å². The zero-order valence-electron chi connectivity index (χ0n) is 10.2. The first-order valence-electron chi connectivity index (χ1n) is 5.71. The number of benzene rings is 2. The minimum atomic E-state index is -0.421. The van der Waals surface area contributed by atoms with Crippen LogP contribution < -0.4 is 0 Å². The number of carbonyl (C=O) groups excluding carboxylic acids is 1. The van der Waals surface area contributed by atoms with Gasteiger partial charge in [0.1, 0.15) is 5.82 Å². The summed E-state index contributed by atoms with van der Waals surface area (Å²) in [6, 6.07) is 9.29. The molecule has 0 unspecified atom stereocenters. The second kappa shape index (κ2) is 5.72. The molecule has 0 heterocycles. The van der Waals surface area contributed by atoms with Crippen molar-refractivity contribution in [3.8, 4) is 0 Å². The lowest BCUT2D eigenvalue weighted by Crippen LogP contribution is -2.05. The third kappa shape index (κ3) is 3.14. The van der Waals surface area contributed by atoms with Gasteiger partial charge in [-0.15, -0.1) is 0 Å². The third-order valence-corrected chi connectivity index (χ3v) is 3.71. The molecule has 0 spiro atoms. The fraction of sp³-hybridized carbons (Fsp3) is 0.133. The second-order valence-electron chi connectivity index (χ2n) is 4.27. The first-order valence-corrected chi connectivity index (χ1v) is 6.47. The molecule has 0 aromatic heterocycles. The third-order valence-electron chi connectivity index (χ3n) is 2.86. The van der Waals surface area contributed by atoms with Crippen LogP contribution in [-0.2, 0) is 6.42 Å². The van der Waals surface area contributed by atoms with Crippen LogP contribution in [0.3, 0.4) is 0 Å². The lowest BCUT2D eigenvalue weighted by atomic mass is 10.0. The molecule has 0 aliphatic carbocycles. The van der Waals surface area contributed by atoms with E-state index in [9.17, 15) is 9.18 Å². The molecule has 0 bridgehead atoms. The summed E-state index contributed by atoms with van der Waals surface area (Å²) < 4.78 is 12.9. The van der Waals surface area contributed by atoms with Crippen molar-refractivity contribution in [2.45, 2.75) is 13.3 Å². The predicted octanol–water partition coefficient (Wildman–Crippen LogP) is 4.87. The molecule has 0 fully saturated rings. The smallest absolute Gasteiger partial charge is 0.168 e. The highest BCUT2D eigenvalue weighted by atomic mass is 35.5. The van der Waals surface area contributed by atoms with E-state index in [2.05, 4.69) is 0 Å². The average molecular weight is 297 g/mol. The van der Waals surface area contributed by atoms with Crippen molar-refractivity contribution in [2.75, 3.05) is 0 Å². The molecule has 0 amide bonds. The number of rotatable bonds is 3. The van der Waals surface area contributed by atoms with Gasteiger partial charge in [0.15, 0.2) is 5.78 Å². The average Bonchev–Trinajstić information content (AvgIpc) is 2.36. The molecule has 0 atom stereocenters. The van der Waals surface area contributed by atoms with Crippen LogP contribution in [0.4, 0.5) is 4.39 Å². The van der Waals surface area contributed by atoms with Crippen LogP contribution in [0.2, 0.25) is 10.0 Å². The van der Waals surface area contributed by atoms with E-state index in [1.807, 2.05) is 13.0 Å². The van der Waals surface area contributed by atoms with Crippen molar-refractivity contribution >= 4 is 29.0 Å². The molecule has 0 radical (unpaired) electrons. The van der Waals surface area contributed by atoms with Crippen molar-refractivity contribution < 1.29 is 9.18 Å². The lowest BCUT2D eigenvalue weighted by Gasteiger charge is -2.07. The van der Waals surface area contributed by atoms with Crippen LogP contribution in [-0.4, -0.2) is 5.78 Å². The highest BCUT2D eigenvalue weighted by Gasteiger charge is 2.14. The Kier molecular flexibility index (Phi) is 4.23. The maximum absolute atomic E-state index is 12.9. The normalized spacial score (nSPS) is 10.5. The molecular weight excluding hydrogens is 286 g/mol. The summed E-state index contributed by atoms with van der Waals surface area (Å²) in [7, 11) is 0. The Balaban J connectivity index is 2.28. The monoisotopic (exact) mass is 296 g/mol. The molecule has 0 aliphatic rings. The van der Waals surface area contributed by atoms with Gasteiger partial charge in [0.05, 0.1) is 5.02 Å². The summed E-state index contributed by atoms with van der Waals surface area (Å²) in [6.45, 7) is 1.84. The number of ketones is 1. The van der Waals surface area contributed by atoms with Gasteiger partial charge < -0.3 is 0 Å². The van der Waals surface area contributed by atoms with E-state index < -0.39 is 5.82 Å². The van der Waals surface area contributed by atoms with Gasteiger partial charge in [-0.3, -0.25) is 4.79 Å². The summed E-state index contributed by atoms with van der Waals surface area (Å²) in [4.78, 5) is 12.2. The van der Waals surface area contributed by atoms with Gasteiger partial charge >= 0.3 is 0 Å².